The zero-order valence-corrected chi connectivity index (χ0v) is 19.0. The maximum absolute atomic E-state index is 12.7. The van der Waals surface area contributed by atoms with Crippen LogP contribution in [0.2, 0.25) is 0 Å². The van der Waals surface area contributed by atoms with Gasteiger partial charge in [0, 0.05) is 48.5 Å². The SMILES string of the molecule is Cn1cc(CC(=O)Nc2ccc(-c3ccc(N4CCCCCC4)nn3)cc2)c2ccccc21. The summed E-state index contributed by atoms with van der Waals surface area (Å²) in [5.41, 5.74) is 4.76. The van der Waals surface area contributed by atoms with Gasteiger partial charge in [-0.1, -0.05) is 43.2 Å². The molecule has 2 aromatic carbocycles. The molecule has 2 aromatic heterocycles. The van der Waals surface area contributed by atoms with E-state index in [9.17, 15) is 4.79 Å². The molecule has 0 radical (unpaired) electrons. The van der Waals surface area contributed by atoms with Gasteiger partial charge < -0.3 is 14.8 Å². The number of benzene rings is 2. The van der Waals surface area contributed by atoms with Crippen molar-refractivity contribution in [2.45, 2.75) is 32.1 Å². The van der Waals surface area contributed by atoms with Crippen molar-refractivity contribution in [2.75, 3.05) is 23.3 Å². The minimum absolute atomic E-state index is 0.0271. The molecule has 1 aliphatic rings. The van der Waals surface area contributed by atoms with Gasteiger partial charge >= 0.3 is 0 Å². The number of anilines is 2. The molecule has 1 amide bonds. The van der Waals surface area contributed by atoms with Crippen molar-refractivity contribution >= 4 is 28.3 Å². The molecule has 0 aliphatic carbocycles. The van der Waals surface area contributed by atoms with Crippen molar-refractivity contribution in [2.24, 2.45) is 7.05 Å². The Hall–Kier alpha value is -3.67. The van der Waals surface area contributed by atoms with E-state index < -0.39 is 0 Å². The number of nitrogens with zero attached hydrogens (tertiary/aromatic N) is 4. The van der Waals surface area contributed by atoms with Gasteiger partial charge in [-0.3, -0.25) is 4.79 Å². The zero-order valence-electron chi connectivity index (χ0n) is 19.0. The number of aryl methyl sites for hydroxylation is 1. The number of hydrogen-bond donors (Lipinski definition) is 1. The highest BCUT2D eigenvalue weighted by Crippen LogP contribution is 2.24. The van der Waals surface area contributed by atoms with Crippen LogP contribution in [-0.4, -0.2) is 33.8 Å². The van der Waals surface area contributed by atoms with E-state index in [0.29, 0.717) is 6.42 Å². The third-order valence-corrected chi connectivity index (χ3v) is 6.38. The fourth-order valence-corrected chi connectivity index (χ4v) is 4.62. The smallest absolute Gasteiger partial charge is 0.228 e. The highest BCUT2D eigenvalue weighted by molar-refractivity contribution is 5.96. The highest BCUT2D eigenvalue weighted by Gasteiger charge is 2.13. The standard InChI is InChI=1S/C27H29N5O/c1-31-19-21(23-8-4-5-9-25(23)31)18-27(33)28-22-12-10-20(11-13-22)24-14-15-26(30-29-24)32-16-6-2-3-7-17-32/h4-5,8-15,19H,2-3,6-7,16-18H2,1H3,(H,28,33). The summed E-state index contributed by atoms with van der Waals surface area (Å²) in [7, 11) is 2.01. The lowest BCUT2D eigenvalue weighted by Crippen LogP contribution is -2.25. The molecule has 5 rings (SSSR count). The van der Waals surface area contributed by atoms with Gasteiger partial charge in [0.15, 0.2) is 5.82 Å². The second-order valence-electron chi connectivity index (χ2n) is 8.76. The van der Waals surface area contributed by atoms with Crippen molar-refractivity contribution in [1.82, 2.24) is 14.8 Å². The molecule has 33 heavy (non-hydrogen) atoms. The Bertz CT molecular complexity index is 1240. The van der Waals surface area contributed by atoms with Gasteiger partial charge in [0.25, 0.3) is 0 Å². The molecule has 1 N–H and O–H groups in total. The van der Waals surface area contributed by atoms with E-state index in [2.05, 4.69) is 43.2 Å². The third-order valence-electron chi connectivity index (χ3n) is 6.38. The summed E-state index contributed by atoms with van der Waals surface area (Å²) in [6.07, 6.45) is 7.40. The highest BCUT2D eigenvalue weighted by atomic mass is 16.1. The van der Waals surface area contributed by atoms with Crippen molar-refractivity contribution in [3.8, 4) is 11.3 Å². The number of rotatable bonds is 5. The lowest BCUT2D eigenvalue weighted by molar-refractivity contribution is -0.115. The molecule has 1 aliphatic heterocycles. The summed E-state index contributed by atoms with van der Waals surface area (Å²) < 4.78 is 2.06. The maximum Gasteiger partial charge on any atom is 0.228 e. The molecule has 6 nitrogen and oxygen atoms in total. The van der Waals surface area contributed by atoms with Gasteiger partial charge in [0.2, 0.25) is 5.91 Å². The van der Waals surface area contributed by atoms with Gasteiger partial charge in [-0.05, 0) is 48.7 Å². The number of aromatic nitrogens is 3. The van der Waals surface area contributed by atoms with Gasteiger partial charge in [-0.15, -0.1) is 10.2 Å². The summed E-state index contributed by atoms with van der Waals surface area (Å²) in [4.78, 5) is 15.0. The first-order chi connectivity index (χ1) is 16.2. The Kier molecular flexibility index (Phi) is 6.07. The average molecular weight is 440 g/mol. The Morgan fingerprint density at radius 3 is 2.39 bits per heavy atom. The molecule has 4 aromatic rings. The van der Waals surface area contributed by atoms with Crippen LogP contribution in [0.15, 0.2) is 66.9 Å². The maximum atomic E-state index is 12.7. The summed E-state index contributed by atoms with van der Waals surface area (Å²) >= 11 is 0. The number of para-hydroxylation sites is 1. The fraction of sp³-hybridized carbons (Fsp3) is 0.296. The minimum Gasteiger partial charge on any atom is -0.355 e. The lowest BCUT2D eigenvalue weighted by Gasteiger charge is -2.20. The van der Waals surface area contributed by atoms with Crippen molar-refractivity contribution in [3.05, 3.63) is 72.4 Å². The van der Waals surface area contributed by atoms with Crippen LogP contribution in [0.1, 0.15) is 31.2 Å². The molecule has 1 saturated heterocycles. The quantitative estimate of drug-likeness (QED) is 0.464. The summed E-state index contributed by atoms with van der Waals surface area (Å²) in [5.74, 6) is 0.929. The van der Waals surface area contributed by atoms with Crippen LogP contribution >= 0.6 is 0 Å². The molecule has 168 valence electrons. The van der Waals surface area contributed by atoms with Crippen LogP contribution < -0.4 is 10.2 Å². The van der Waals surface area contributed by atoms with Gasteiger partial charge in [-0.2, -0.15) is 0 Å². The largest absolute Gasteiger partial charge is 0.355 e. The summed E-state index contributed by atoms with van der Waals surface area (Å²) in [6, 6.07) is 20.0. The number of nitrogens with one attached hydrogen (secondary N) is 1. The third kappa shape index (κ3) is 4.75. The van der Waals surface area contributed by atoms with E-state index in [1.165, 1.54) is 25.7 Å². The Morgan fingerprint density at radius 1 is 0.909 bits per heavy atom. The molecular formula is C27H29N5O. The Morgan fingerprint density at radius 2 is 1.67 bits per heavy atom. The second-order valence-corrected chi connectivity index (χ2v) is 8.76. The minimum atomic E-state index is -0.0271. The van der Waals surface area contributed by atoms with E-state index in [-0.39, 0.29) is 5.91 Å². The molecule has 0 unspecified atom stereocenters. The monoisotopic (exact) mass is 439 g/mol. The first-order valence-corrected chi connectivity index (χ1v) is 11.7. The Labute approximate surface area is 194 Å². The van der Waals surface area contributed by atoms with Crippen molar-refractivity contribution in [1.29, 1.82) is 0 Å². The molecule has 0 bridgehead atoms. The first-order valence-electron chi connectivity index (χ1n) is 11.7. The Balaban J connectivity index is 1.23. The van der Waals surface area contributed by atoms with Crippen LogP contribution in [0, 0.1) is 0 Å². The fourth-order valence-electron chi connectivity index (χ4n) is 4.62. The number of carbonyl (C=O) groups is 1. The second kappa shape index (κ2) is 9.45. The van der Waals surface area contributed by atoms with Crippen LogP contribution in [0.5, 0.6) is 0 Å². The van der Waals surface area contributed by atoms with E-state index in [1.807, 2.05) is 55.7 Å². The number of amides is 1. The normalized spacial score (nSPS) is 14.3. The molecule has 6 heteroatoms. The van der Waals surface area contributed by atoms with E-state index in [4.69, 9.17) is 0 Å². The summed E-state index contributed by atoms with van der Waals surface area (Å²) in [5, 5.41) is 13.0. The number of fused-ring (bicyclic) bond motifs is 1. The van der Waals surface area contributed by atoms with Gasteiger partial charge in [-0.25, -0.2) is 0 Å². The lowest BCUT2D eigenvalue weighted by atomic mass is 10.1. The predicted molar refractivity (Wildman–Crippen MR) is 133 cm³/mol. The molecule has 0 saturated carbocycles. The van der Waals surface area contributed by atoms with Crippen molar-refractivity contribution in [3.63, 3.8) is 0 Å². The van der Waals surface area contributed by atoms with E-state index in [0.717, 1.165) is 52.3 Å². The van der Waals surface area contributed by atoms with Gasteiger partial charge in [0.05, 0.1) is 12.1 Å². The van der Waals surface area contributed by atoms with Crippen LogP contribution in [0.25, 0.3) is 22.2 Å². The van der Waals surface area contributed by atoms with Crippen molar-refractivity contribution < 1.29 is 4.79 Å². The van der Waals surface area contributed by atoms with E-state index in [1.54, 1.807) is 0 Å². The molecule has 0 atom stereocenters. The first kappa shape index (κ1) is 21.2. The molecular weight excluding hydrogens is 410 g/mol. The molecule has 3 heterocycles. The number of hydrogen-bond acceptors (Lipinski definition) is 4. The van der Waals surface area contributed by atoms with E-state index >= 15 is 0 Å². The average Bonchev–Trinajstić information content (AvgIpc) is 3.01. The number of carbonyl (C=O) groups excluding carboxylic acids is 1. The molecule has 1 fully saturated rings. The van der Waals surface area contributed by atoms with Crippen LogP contribution in [0.3, 0.4) is 0 Å². The van der Waals surface area contributed by atoms with Crippen LogP contribution in [-0.2, 0) is 18.3 Å². The predicted octanol–water partition coefficient (Wildman–Crippen LogP) is 5.20. The van der Waals surface area contributed by atoms with Gasteiger partial charge in [0.1, 0.15) is 0 Å². The van der Waals surface area contributed by atoms with Crippen LogP contribution in [0.4, 0.5) is 11.5 Å². The topological polar surface area (TPSA) is 63.1 Å². The summed E-state index contributed by atoms with van der Waals surface area (Å²) in [6.45, 7) is 2.11. The zero-order chi connectivity index (χ0) is 22.6. The molecule has 0 spiro atoms.